The lowest BCUT2D eigenvalue weighted by Crippen LogP contribution is -2.46. The van der Waals surface area contributed by atoms with Crippen molar-refractivity contribution in [1.82, 2.24) is 30.9 Å². The number of nitrogens with one attached hydrogen (secondary N) is 6. The zero-order valence-corrected chi connectivity index (χ0v) is 37.9. The van der Waals surface area contributed by atoms with Gasteiger partial charge in [0.2, 0.25) is 17.8 Å². The Morgan fingerprint density at radius 2 is 0.741 bits per heavy atom. The SMILES string of the molecule is CC(Nc1nc(NC(C)C(C)(C)CCC2CCNC(C)(C)C2)nc(NC(C)C(C)(C)CCC2CCNC(C)(C)C2)n1)C(C)(C)CCC1CCNC(C)(C)C1. The van der Waals surface area contributed by atoms with E-state index in [1.165, 1.54) is 77.0 Å². The van der Waals surface area contributed by atoms with Crippen LogP contribution in [-0.4, -0.2) is 69.3 Å². The molecule has 1 aromatic heterocycles. The molecule has 312 valence electrons. The van der Waals surface area contributed by atoms with Crippen molar-refractivity contribution in [2.45, 2.75) is 216 Å². The van der Waals surface area contributed by atoms with Crippen LogP contribution < -0.4 is 31.9 Å². The van der Waals surface area contributed by atoms with Gasteiger partial charge in [0.1, 0.15) is 0 Å². The van der Waals surface area contributed by atoms with E-state index in [4.69, 9.17) is 15.0 Å². The van der Waals surface area contributed by atoms with E-state index < -0.39 is 0 Å². The lowest BCUT2D eigenvalue weighted by molar-refractivity contribution is 0.188. The minimum Gasteiger partial charge on any atom is -0.351 e. The normalized spacial score (nSPS) is 26.4. The molecule has 6 unspecified atom stereocenters. The van der Waals surface area contributed by atoms with Gasteiger partial charge in [-0.25, -0.2) is 0 Å². The van der Waals surface area contributed by atoms with Gasteiger partial charge in [-0.1, -0.05) is 41.5 Å². The minimum absolute atomic E-state index is 0.0831. The highest BCUT2D eigenvalue weighted by Gasteiger charge is 2.35. The van der Waals surface area contributed by atoms with Crippen molar-refractivity contribution in [1.29, 1.82) is 0 Å². The fourth-order valence-corrected chi connectivity index (χ4v) is 9.39. The van der Waals surface area contributed by atoms with Gasteiger partial charge < -0.3 is 31.9 Å². The largest absolute Gasteiger partial charge is 0.351 e. The molecule has 54 heavy (non-hydrogen) atoms. The van der Waals surface area contributed by atoms with Crippen LogP contribution in [-0.2, 0) is 0 Å². The molecule has 3 aliphatic rings. The molecule has 0 amide bonds. The predicted molar refractivity (Wildman–Crippen MR) is 233 cm³/mol. The highest BCUT2D eigenvalue weighted by atomic mass is 15.3. The molecule has 3 saturated heterocycles. The number of piperidine rings is 3. The van der Waals surface area contributed by atoms with Gasteiger partial charge in [-0.05, 0) is 193 Å². The van der Waals surface area contributed by atoms with Gasteiger partial charge in [0.05, 0.1) is 0 Å². The molecule has 9 nitrogen and oxygen atoms in total. The molecule has 6 N–H and O–H groups in total. The molecule has 9 heteroatoms. The second kappa shape index (κ2) is 17.8. The number of rotatable bonds is 18. The zero-order valence-electron chi connectivity index (χ0n) is 37.9. The molecular formula is C45H87N9. The van der Waals surface area contributed by atoms with Crippen molar-refractivity contribution >= 4 is 17.8 Å². The maximum Gasteiger partial charge on any atom is 0.229 e. The van der Waals surface area contributed by atoms with Crippen molar-refractivity contribution in [3.05, 3.63) is 0 Å². The highest BCUT2D eigenvalue weighted by molar-refractivity contribution is 5.44. The molecule has 0 aliphatic carbocycles. The Bertz CT molecular complexity index is 1150. The molecular weight excluding hydrogens is 667 g/mol. The summed E-state index contributed by atoms with van der Waals surface area (Å²) in [5.74, 6) is 4.28. The van der Waals surface area contributed by atoms with Crippen LogP contribution in [0.4, 0.5) is 17.8 Å². The van der Waals surface area contributed by atoms with Crippen LogP contribution in [0.25, 0.3) is 0 Å². The molecule has 3 aliphatic heterocycles. The second-order valence-electron chi connectivity index (χ2n) is 22.5. The monoisotopic (exact) mass is 754 g/mol. The minimum atomic E-state index is 0.0831. The molecule has 0 bridgehead atoms. The van der Waals surface area contributed by atoms with Crippen LogP contribution in [0.1, 0.15) is 181 Å². The van der Waals surface area contributed by atoms with E-state index >= 15 is 0 Å². The van der Waals surface area contributed by atoms with Gasteiger partial charge in [-0.3, -0.25) is 0 Å². The molecule has 6 atom stereocenters. The van der Waals surface area contributed by atoms with E-state index in [9.17, 15) is 0 Å². The van der Waals surface area contributed by atoms with Crippen LogP contribution in [0.5, 0.6) is 0 Å². The number of hydrogen-bond acceptors (Lipinski definition) is 9. The first-order chi connectivity index (χ1) is 24.9. The summed E-state index contributed by atoms with van der Waals surface area (Å²) in [6, 6.07) is 0.588. The first-order valence-electron chi connectivity index (χ1n) is 22.2. The lowest BCUT2D eigenvalue weighted by Gasteiger charge is -2.39. The molecule has 0 spiro atoms. The number of aromatic nitrogens is 3. The van der Waals surface area contributed by atoms with Gasteiger partial charge in [-0.15, -0.1) is 0 Å². The number of anilines is 3. The van der Waals surface area contributed by atoms with E-state index in [0.717, 1.165) is 37.4 Å². The third-order valence-corrected chi connectivity index (χ3v) is 14.6. The summed E-state index contributed by atoms with van der Waals surface area (Å²) in [6.45, 7) is 38.8. The number of hydrogen-bond donors (Lipinski definition) is 6. The Balaban J connectivity index is 1.47. The van der Waals surface area contributed by atoms with Crippen molar-refractivity contribution in [3.63, 3.8) is 0 Å². The van der Waals surface area contributed by atoms with Gasteiger partial charge in [0.15, 0.2) is 0 Å². The number of nitrogens with zero attached hydrogens (tertiary/aromatic N) is 3. The van der Waals surface area contributed by atoms with Crippen molar-refractivity contribution < 1.29 is 0 Å². The van der Waals surface area contributed by atoms with Gasteiger partial charge in [0.25, 0.3) is 0 Å². The van der Waals surface area contributed by atoms with Gasteiger partial charge >= 0.3 is 0 Å². The zero-order chi connectivity index (χ0) is 40.2. The standard InChI is InChI=1S/C45H87N9/c1-31(40(4,5)22-16-34-19-25-46-43(10,11)28-34)49-37-52-38(50-32(2)41(6,7)23-17-35-20-26-47-44(12,13)29-35)54-39(53-37)51-33(3)42(8,9)24-18-36-21-27-48-45(14,15)30-36/h31-36,46-48H,16-30H2,1-15H3,(H3,49,50,51,52,53,54). The van der Waals surface area contributed by atoms with Crippen LogP contribution in [0.15, 0.2) is 0 Å². The van der Waals surface area contributed by atoms with Crippen molar-refractivity contribution in [3.8, 4) is 0 Å². The van der Waals surface area contributed by atoms with Crippen LogP contribution in [0, 0.1) is 34.0 Å². The fourth-order valence-electron chi connectivity index (χ4n) is 9.39. The highest BCUT2D eigenvalue weighted by Crippen LogP contribution is 2.38. The lowest BCUT2D eigenvalue weighted by atomic mass is 9.75. The molecule has 3 fully saturated rings. The average molecular weight is 754 g/mol. The Morgan fingerprint density at radius 3 is 0.963 bits per heavy atom. The smallest absolute Gasteiger partial charge is 0.229 e. The second-order valence-corrected chi connectivity index (χ2v) is 22.5. The molecule has 1 aromatic rings. The Kier molecular flexibility index (Phi) is 14.9. The third-order valence-electron chi connectivity index (χ3n) is 14.6. The van der Waals surface area contributed by atoms with Crippen molar-refractivity contribution in [2.75, 3.05) is 35.6 Å². The maximum absolute atomic E-state index is 5.05. The van der Waals surface area contributed by atoms with Gasteiger partial charge in [0, 0.05) is 34.7 Å². The summed E-state index contributed by atoms with van der Waals surface area (Å²) < 4.78 is 0. The Morgan fingerprint density at radius 1 is 0.500 bits per heavy atom. The van der Waals surface area contributed by atoms with E-state index in [0.29, 0.717) is 17.8 Å². The molecule has 4 heterocycles. The van der Waals surface area contributed by atoms with E-state index in [1.807, 2.05) is 0 Å². The maximum atomic E-state index is 5.05. The van der Waals surface area contributed by atoms with Crippen molar-refractivity contribution in [2.24, 2.45) is 34.0 Å². The van der Waals surface area contributed by atoms with Gasteiger partial charge in [-0.2, -0.15) is 15.0 Å². The first kappa shape index (κ1) is 45.0. The summed E-state index contributed by atoms with van der Waals surface area (Å²) in [7, 11) is 0. The topological polar surface area (TPSA) is 111 Å². The average Bonchev–Trinajstić information content (AvgIpc) is 3.04. The van der Waals surface area contributed by atoms with Crippen LogP contribution >= 0.6 is 0 Å². The Hall–Kier alpha value is -1.71. The first-order valence-corrected chi connectivity index (χ1v) is 22.2. The summed E-state index contributed by atoms with van der Waals surface area (Å²) >= 11 is 0. The summed E-state index contributed by atoms with van der Waals surface area (Å²) in [5.41, 5.74) is 0.959. The van der Waals surface area contributed by atoms with Crippen LogP contribution in [0.3, 0.4) is 0 Å². The molecule has 0 aromatic carbocycles. The summed E-state index contributed by atoms with van der Waals surface area (Å²) in [5, 5.41) is 22.4. The summed E-state index contributed by atoms with van der Waals surface area (Å²) in [6.07, 6.45) is 14.8. The van der Waals surface area contributed by atoms with Crippen LogP contribution in [0.2, 0.25) is 0 Å². The molecule has 0 radical (unpaired) electrons. The quantitative estimate of drug-likeness (QED) is 0.0873. The molecule has 0 saturated carbocycles. The van der Waals surface area contributed by atoms with E-state index in [2.05, 4.69) is 136 Å². The fraction of sp³-hybridized carbons (Fsp3) is 0.933. The molecule has 4 rings (SSSR count). The third kappa shape index (κ3) is 13.7. The predicted octanol–water partition coefficient (Wildman–Crippen LogP) is 10.0. The summed E-state index contributed by atoms with van der Waals surface area (Å²) in [4.78, 5) is 15.2. The Labute approximate surface area is 333 Å². The van der Waals surface area contributed by atoms with E-state index in [-0.39, 0.29) is 51.0 Å². The van der Waals surface area contributed by atoms with E-state index in [1.54, 1.807) is 0 Å².